The molecule has 0 bridgehead atoms. The van der Waals surface area contributed by atoms with E-state index in [1.807, 2.05) is 0 Å². The van der Waals surface area contributed by atoms with Gasteiger partial charge in [0.1, 0.15) is 11.6 Å². The molecule has 0 spiro atoms. The van der Waals surface area contributed by atoms with E-state index in [-0.39, 0.29) is 17.4 Å². The van der Waals surface area contributed by atoms with Gasteiger partial charge in [0.2, 0.25) is 0 Å². The van der Waals surface area contributed by atoms with Crippen LogP contribution < -0.4 is 0 Å². The first kappa shape index (κ1) is 12.2. The Balaban J connectivity index is 2.36. The third-order valence-electron chi connectivity index (χ3n) is 2.68. The summed E-state index contributed by atoms with van der Waals surface area (Å²) in [4.78, 5) is 19.9. The van der Waals surface area contributed by atoms with E-state index in [2.05, 4.69) is 9.97 Å². The molecule has 1 aromatic rings. The standard InChI is InChI=1S/C11H14N2O3S/c1-17(15,16)7-11-12-6-8-9(13-11)4-2-3-5-10(8)14/h6H,2-5,7H2,1H3. The highest BCUT2D eigenvalue weighted by Gasteiger charge is 2.18. The number of nitrogens with zero attached hydrogens (tertiary/aromatic N) is 2. The number of carbonyl (C=O) groups is 1. The first-order chi connectivity index (χ1) is 7.96. The zero-order chi connectivity index (χ0) is 12.5. The van der Waals surface area contributed by atoms with E-state index in [9.17, 15) is 13.2 Å². The summed E-state index contributed by atoms with van der Waals surface area (Å²) in [7, 11) is -3.14. The van der Waals surface area contributed by atoms with Gasteiger partial charge in [-0.3, -0.25) is 4.79 Å². The lowest BCUT2D eigenvalue weighted by molar-refractivity contribution is 0.0981. The third kappa shape index (κ3) is 3.09. The fourth-order valence-corrected chi connectivity index (χ4v) is 2.51. The molecule has 1 heterocycles. The molecule has 0 unspecified atom stereocenters. The molecule has 6 heteroatoms. The van der Waals surface area contributed by atoms with Crippen LogP contribution in [0.15, 0.2) is 6.20 Å². The molecule has 0 radical (unpaired) electrons. The first-order valence-electron chi connectivity index (χ1n) is 5.51. The van der Waals surface area contributed by atoms with Gasteiger partial charge in [0, 0.05) is 18.9 Å². The molecule has 0 atom stereocenters. The molecule has 5 nitrogen and oxygen atoms in total. The van der Waals surface area contributed by atoms with E-state index in [1.54, 1.807) is 0 Å². The van der Waals surface area contributed by atoms with Gasteiger partial charge in [-0.15, -0.1) is 0 Å². The SMILES string of the molecule is CS(=O)(=O)Cc1ncc2c(n1)CCCCC2=O. The Labute approximate surface area is 100 Å². The number of Topliss-reactive ketones (excluding diaryl/α,β-unsaturated/α-hetero) is 1. The Bertz CT molecular complexity index is 552. The molecule has 0 saturated heterocycles. The molecule has 1 aliphatic carbocycles. The number of aryl methyl sites for hydroxylation is 1. The molecule has 0 aliphatic heterocycles. The van der Waals surface area contributed by atoms with Crippen molar-refractivity contribution in [3.63, 3.8) is 0 Å². The van der Waals surface area contributed by atoms with Crippen molar-refractivity contribution in [2.75, 3.05) is 6.26 Å². The van der Waals surface area contributed by atoms with Crippen molar-refractivity contribution in [3.05, 3.63) is 23.3 Å². The summed E-state index contributed by atoms with van der Waals surface area (Å²) >= 11 is 0. The fraction of sp³-hybridized carbons (Fsp3) is 0.545. The van der Waals surface area contributed by atoms with E-state index in [1.165, 1.54) is 6.20 Å². The van der Waals surface area contributed by atoms with Crippen LogP contribution in [-0.2, 0) is 22.0 Å². The lowest BCUT2D eigenvalue weighted by Crippen LogP contribution is -2.10. The number of rotatable bonds is 2. The normalized spacial score (nSPS) is 16.4. The molecule has 1 aliphatic rings. The number of fused-ring (bicyclic) bond motifs is 1. The average Bonchev–Trinajstić information content (AvgIpc) is 2.38. The van der Waals surface area contributed by atoms with E-state index in [0.29, 0.717) is 17.7 Å². The molecular formula is C11H14N2O3S. The highest BCUT2D eigenvalue weighted by Crippen LogP contribution is 2.18. The molecule has 92 valence electrons. The first-order valence-corrected chi connectivity index (χ1v) is 7.57. The van der Waals surface area contributed by atoms with Gasteiger partial charge in [-0.05, 0) is 19.3 Å². The minimum Gasteiger partial charge on any atom is -0.294 e. The van der Waals surface area contributed by atoms with Gasteiger partial charge < -0.3 is 0 Å². The van der Waals surface area contributed by atoms with E-state index >= 15 is 0 Å². The third-order valence-corrected chi connectivity index (χ3v) is 3.46. The van der Waals surface area contributed by atoms with Crippen LogP contribution in [0, 0.1) is 0 Å². The van der Waals surface area contributed by atoms with Crippen molar-refractivity contribution in [1.29, 1.82) is 0 Å². The molecule has 1 aromatic heterocycles. The van der Waals surface area contributed by atoms with Crippen molar-refractivity contribution >= 4 is 15.6 Å². The second-order valence-electron chi connectivity index (χ2n) is 4.35. The van der Waals surface area contributed by atoms with Crippen LogP contribution in [-0.4, -0.2) is 30.4 Å². The summed E-state index contributed by atoms with van der Waals surface area (Å²) in [6, 6.07) is 0. The molecule has 17 heavy (non-hydrogen) atoms. The van der Waals surface area contributed by atoms with Crippen molar-refractivity contribution in [2.45, 2.75) is 31.4 Å². The van der Waals surface area contributed by atoms with Crippen molar-refractivity contribution in [3.8, 4) is 0 Å². The Hall–Kier alpha value is -1.30. The Morgan fingerprint density at radius 1 is 1.29 bits per heavy atom. The number of sulfone groups is 1. The van der Waals surface area contributed by atoms with Gasteiger partial charge in [0.15, 0.2) is 15.6 Å². The smallest absolute Gasteiger partial charge is 0.166 e. The molecule has 0 amide bonds. The van der Waals surface area contributed by atoms with Crippen LogP contribution in [0.5, 0.6) is 0 Å². The van der Waals surface area contributed by atoms with Crippen LogP contribution >= 0.6 is 0 Å². The summed E-state index contributed by atoms with van der Waals surface area (Å²) in [5, 5.41) is 0. The van der Waals surface area contributed by atoms with Gasteiger partial charge in [-0.25, -0.2) is 18.4 Å². The van der Waals surface area contributed by atoms with Crippen LogP contribution in [0.3, 0.4) is 0 Å². The van der Waals surface area contributed by atoms with Crippen molar-refractivity contribution < 1.29 is 13.2 Å². The maximum atomic E-state index is 11.7. The van der Waals surface area contributed by atoms with E-state index in [4.69, 9.17) is 0 Å². The van der Waals surface area contributed by atoms with Gasteiger partial charge in [0.25, 0.3) is 0 Å². The number of carbonyl (C=O) groups excluding carboxylic acids is 1. The molecule has 2 rings (SSSR count). The maximum absolute atomic E-state index is 11.7. The zero-order valence-electron chi connectivity index (χ0n) is 9.64. The molecular weight excluding hydrogens is 240 g/mol. The summed E-state index contributed by atoms with van der Waals surface area (Å²) in [5.74, 6) is 0.165. The highest BCUT2D eigenvalue weighted by molar-refractivity contribution is 7.89. The van der Waals surface area contributed by atoms with Crippen molar-refractivity contribution in [2.24, 2.45) is 0 Å². The maximum Gasteiger partial charge on any atom is 0.166 e. The van der Waals surface area contributed by atoms with Gasteiger partial charge in [0.05, 0.1) is 11.3 Å². The summed E-state index contributed by atoms with van der Waals surface area (Å²) < 4.78 is 22.3. The summed E-state index contributed by atoms with van der Waals surface area (Å²) in [6.45, 7) is 0. The monoisotopic (exact) mass is 254 g/mol. The Morgan fingerprint density at radius 2 is 2.00 bits per heavy atom. The Morgan fingerprint density at radius 3 is 2.71 bits per heavy atom. The van der Waals surface area contributed by atoms with Crippen LogP contribution in [0.25, 0.3) is 0 Å². The number of hydrogen-bond donors (Lipinski definition) is 0. The molecule has 0 fully saturated rings. The van der Waals surface area contributed by atoms with Crippen LogP contribution in [0.4, 0.5) is 0 Å². The summed E-state index contributed by atoms with van der Waals surface area (Å²) in [6.07, 6.45) is 5.64. The van der Waals surface area contributed by atoms with Gasteiger partial charge >= 0.3 is 0 Å². The fourth-order valence-electron chi connectivity index (χ4n) is 1.90. The lowest BCUT2D eigenvalue weighted by atomic mass is 10.1. The molecule has 0 saturated carbocycles. The Kier molecular flexibility index (Phi) is 3.24. The van der Waals surface area contributed by atoms with Gasteiger partial charge in [-0.1, -0.05) is 0 Å². The molecule has 0 N–H and O–H groups in total. The predicted octanol–water partition coefficient (Wildman–Crippen LogP) is 0.930. The van der Waals surface area contributed by atoms with Crippen LogP contribution in [0.1, 0.15) is 41.1 Å². The van der Waals surface area contributed by atoms with Gasteiger partial charge in [-0.2, -0.15) is 0 Å². The number of hydrogen-bond acceptors (Lipinski definition) is 5. The molecule has 0 aromatic carbocycles. The summed E-state index contributed by atoms with van der Waals surface area (Å²) in [5.41, 5.74) is 1.25. The number of ketones is 1. The predicted molar refractivity (Wildman–Crippen MR) is 62.5 cm³/mol. The minimum atomic E-state index is -3.14. The average molecular weight is 254 g/mol. The second kappa shape index (κ2) is 4.52. The quantitative estimate of drug-likeness (QED) is 0.734. The topological polar surface area (TPSA) is 77.0 Å². The zero-order valence-corrected chi connectivity index (χ0v) is 10.5. The van der Waals surface area contributed by atoms with E-state index in [0.717, 1.165) is 25.5 Å². The largest absolute Gasteiger partial charge is 0.294 e. The minimum absolute atomic E-state index is 0.0587. The number of aromatic nitrogens is 2. The highest BCUT2D eigenvalue weighted by atomic mass is 32.2. The van der Waals surface area contributed by atoms with E-state index < -0.39 is 9.84 Å². The van der Waals surface area contributed by atoms with Crippen LogP contribution in [0.2, 0.25) is 0 Å². The van der Waals surface area contributed by atoms with Crippen molar-refractivity contribution in [1.82, 2.24) is 9.97 Å². The lowest BCUT2D eigenvalue weighted by Gasteiger charge is -2.05. The second-order valence-corrected chi connectivity index (χ2v) is 6.49.